The van der Waals surface area contributed by atoms with Crippen molar-refractivity contribution in [2.75, 3.05) is 19.7 Å². The quantitative estimate of drug-likeness (QED) is 0.703. The molecule has 0 heterocycles. The summed E-state index contributed by atoms with van der Waals surface area (Å²) in [4.78, 5) is 13.5. The molecule has 0 aromatic rings. The van der Waals surface area contributed by atoms with Crippen LogP contribution < -0.4 is 0 Å². The zero-order chi connectivity index (χ0) is 13.9. The number of carbonyl (C=O) groups excluding carboxylic acids is 1. The highest BCUT2D eigenvalue weighted by Gasteiger charge is 2.18. The Morgan fingerprint density at radius 1 is 1.11 bits per heavy atom. The Bertz CT molecular complexity index is 333. The Hall–Kier alpha value is -1.59. The number of amides is 1. The highest BCUT2D eigenvalue weighted by atomic mass is 16.5. The average Bonchev–Trinajstić information content (AvgIpc) is 2.46. The molecule has 0 aromatic heterocycles. The molecule has 1 saturated carbocycles. The fourth-order valence-electron chi connectivity index (χ4n) is 2.24. The van der Waals surface area contributed by atoms with Crippen LogP contribution in [0.5, 0.6) is 0 Å². The second-order valence-electron chi connectivity index (χ2n) is 4.77. The lowest BCUT2D eigenvalue weighted by atomic mass is 9.98. The summed E-state index contributed by atoms with van der Waals surface area (Å²) in [6.45, 7) is 0.831. The molecule has 1 amide bonds. The van der Waals surface area contributed by atoms with E-state index in [4.69, 9.17) is 15.3 Å². The Balaban J connectivity index is 2.33. The van der Waals surface area contributed by atoms with Crippen LogP contribution in [0.3, 0.4) is 0 Å². The third kappa shape index (κ3) is 6.22. The van der Waals surface area contributed by atoms with Crippen molar-refractivity contribution >= 4 is 5.91 Å². The molecule has 19 heavy (non-hydrogen) atoms. The maximum atomic E-state index is 12.0. The second-order valence-corrected chi connectivity index (χ2v) is 4.77. The van der Waals surface area contributed by atoms with E-state index in [1.165, 1.54) is 19.3 Å². The average molecular weight is 263 g/mol. The summed E-state index contributed by atoms with van der Waals surface area (Å²) >= 11 is 0. The molecule has 0 saturated heterocycles. The minimum atomic E-state index is -0.115. The van der Waals surface area contributed by atoms with E-state index in [0.717, 1.165) is 12.8 Å². The minimum Gasteiger partial charge on any atom is -0.368 e. The predicted molar refractivity (Wildman–Crippen MR) is 69.9 cm³/mol. The number of carbonyl (C=O) groups is 1. The smallest absolute Gasteiger partial charge is 0.248 e. The molecule has 5 nitrogen and oxygen atoms in total. The molecular formula is C14H21N3O2. The van der Waals surface area contributed by atoms with E-state index < -0.39 is 0 Å². The summed E-state index contributed by atoms with van der Waals surface area (Å²) in [5, 5.41) is 17.1. The second kappa shape index (κ2) is 9.35. The Morgan fingerprint density at radius 3 is 2.21 bits per heavy atom. The van der Waals surface area contributed by atoms with Crippen LogP contribution in [0.2, 0.25) is 0 Å². The number of hydrogen-bond donors (Lipinski definition) is 0. The van der Waals surface area contributed by atoms with Crippen molar-refractivity contribution in [3.05, 3.63) is 0 Å². The van der Waals surface area contributed by atoms with Gasteiger partial charge < -0.3 is 9.64 Å². The van der Waals surface area contributed by atoms with Crippen molar-refractivity contribution in [2.45, 2.75) is 51.0 Å². The first-order valence-electron chi connectivity index (χ1n) is 6.91. The molecule has 0 spiro atoms. The van der Waals surface area contributed by atoms with Crippen LogP contribution in [0.1, 0.15) is 44.9 Å². The van der Waals surface area contributed by atoms with Crippen molar-refractivity contribution in [1.82, 2.24) is 4.90 Å². The Kier molecular flexibility index (Phi) is 7.62. The third-order valence-corrected chi connectivity index (χ3v) is 3.33. The number of hydrogen-bond acceptors (Lipinski definition) is 4. The number of nitriles is 2. The van der Waals surface area contributed by atoms with Crippen LogP contribution in [0.4, 0.5) is 0 Å². The maximum absolute atomic E-state index is 12.0. The lowest BCUT2D eigenvalue weighted by Crippen LogP contribution is -2.36. The van der Waals surface area contributed by atoms with Crippen molar-refractivity contribution in [3.8, 4) is 12.1 Å². The molecule has 5 heteroatoms. The summed E-state index contributed by atoms with van der Waals surface area (Å²) in [7, 11) is 0. The first kappa shape index (κ1) is 15.5. The van der Waals surface area contributed by atoms with Gasteiger partial charge in [-0.3, -0.25) is 4.79 Å². The van der Waals surface area contributed by atoms with Crippen molar-refractivity contribution in [1.29, 1.82) is 10.5 Å². The molecule has 104 valence electrons. The molecule has 1 fully saturated rings. The van der Waals surface area contributed by atoms with Gasteiger partial charge in [0.15, 0.2) is 0 Å². The summed E-state index contributed by atoms with van der Waals surface area (Å²) < 4.78 is 5.63. The monoisotopic (exact) mass is 263 g/mol. The number of ether oxygens (including phenoxy) is 1. The van der Waals surface area contributed by atoms with Gasteiger partial charge in [0.2, 0.25) is 5.91 Å². The fourth-order valence-corrected chi connectivity index (χ4v) is 2.24. The molecule has 0 radical (unpaired) electrons. The van der Waals surface area contributed by atoms with Gasteiger partial charge in [0.05, 0.1) is 31.1 Å². The minimum absolute atomic E-state index is 0.0710. The van der Waals surface area contributed by atoms with E-state index >= 15 is 0 Å². The van der Waals surface area contributed by atoms with Gasteiger partial charge in [-0.15, -0.1) is 0 Å². The van der Waals surface area contributed by atoms with Crippen LogP contribution in [0.15, 0.2) is 0 Å². The van der Waals surface area contributed by atoms with E-state index in [1.807, 2.05) is 12.1 Å². The number of rotatable bonds is 7. The van der Waals surface area contributed by atoms with E-state index in [1.54, 1.807) is 4.90 Å². The molecule has 0 atom stereocenters. The van der Waals surface area contributed by atoms with Gasteiger partial charge in [-0.1, -0.05) is 19.3 Å². The molecule has 1 aliphatic carbocycles. The molecule has 0 unspecified atom stereocenters. The molecule has 0 aliphatic heterocycles. The first-order chi connectivity index (χ1) is 9.27. The van der Waals surface area contributed by atoms with Crippen LogP contribution >= 0.6 is 0 Å². The van der Waals surface area contributed by atoms with Crippen LogP contribution in [0.25, 0.3) is 0 Å². The van der Waals surface area contributed by atoms with Gasteiger partial charge >= 0.3 is 0 Å². The van der Waals surface area contributed by atoms with Crippen molar-refractivity contribution in [2.24, 2.45) is 0 Å². The topological polar surface area (TPSA) is 77.1 Å². The van der Waals surface area contributed by atoms with Crippen molar-refractivity contribution < 1.29 is 9.53 Å². The molecule has 1 aliphatic rings. The highest BCUT2D eigenvalue weighted by molar-refractivity contribution is 5.77. The van der Waals surface area contributed by atoms with E-state index in [-0.39, 0.29) is 18.6 Å². The lowest BCUT2D eigenvalue weighted by Gasteiger charge is -2.24. The molecule has 1 rings (SSSR count). The highest BCUT2D eigenvalue weighted by Crippen LogP contribution is 2.20. The Labute approximate surface area is 114 Å². The van der Waals surface area contributed by atoms with Gasteiger partial charge in [-0.05, 0) is 12.8 Å². The molecule has 0 aromatic carbocycles. The molecular weight excluding hydrogens is 242 g/mol. The van der Waals surface area contributed by atoms with Gasteiger partial charge in [0.25, 0.3) is 0 Å². The van der Waals surface area contributed by atoms with E-state index in [0.29, 0.717) is 25.9 Å². The fraction of sp³-hybridized carbons (Fsp3) is 0.786. The lowest BCUT2D eigenvalue weighted by molar-refractivity contribution is -0.138. The normalized spacial score (nSPS) is 15.5. The number of nitrogens with zero attached hydrogens (tertiary/aromatic N) is 3. The van der Waals surface area contributed by atoms with E-state index in [2.05, 4.69) is 0 Å². The maximum Gasteiger partial charge on any atom is 0.248 e. The predicted octanol–water partition coefficient (Wildman–Crippen LogP) is 1.99. The third-order valence-electron chi connectivity index (χ3n) is 3.33. The van der Waals surface area contributed by atoms with Gasteiger partial charge in [0.1, 0.15) is 6.61 Å². The van der Waals surface area contributed by atoms with Crippen LogP contribution in [-0.2, 0) is 9.53 Å². The largest absolute Gasteiger partial charge is 0.368 e. The first-order valence-corrected chi connectivity index (χ1v) is 6.91. The summed E-state index contributed by atoms with van der Waals surface area (Å²) in [6, 6.07) is 4.03. The SMILES string of the molecule is N#CCCN(CCC#N)C(=O)COC1CCCCC1. The molecule has 0 bridgehead atoms. The standard InChI is InChI=1S/C14H21N3O2/c15-8-4-10-17(11-5-9-16)14(18)12-19-13-6-2-1-3-7-13/h13H,1-7,10-12H2. The van der Waals surface area contributed by atoms with Crippen molar-refractivity contribution in [3.63, 3.8) is 0 Å². The van der Waals surface area contributed by atoms with Crippen LogP contribution in [0, 0.1) is 22.7 Å². The Morgan fingerprint density at radius 2 is 1.68 bits per heavy atom. The summed E-state index contributed by atoms with van der Waals surface area (Å²) in [6.07, 6.45) is 6.45. The van der Waals surface area contributed by atoms with Gasteiger partial charge in [0, 0.05) is 13.1 Å². The van der Waals surface area contributed by atoms with Crippen LogP contribution in [-0.4, -0.2) is 36.6 Å². The van der Waals surface area contributed by atoms with Gasteiger partial charge in [-0.25, -0.2) is 0 Å². The van der Waals surface area contributed by atoms with Gasteiger partial charge in [-0.2, -0.15) is 10.5 Å². The molecule has 0 N–H and O–H groups in total. The van der Waals surface area contributed by atoms with E-state index in [9.17, 15) is 4.79 Å². The zero-order valence-corrected chi connectivity index (χ0v) is 11.3. The summed E-state index contributed by atoms with van der Waals surface area (Å²) in [5.74, 6) is -0.115. The zero-order valence-electron chi connectivity index (χ0n) is 11.3. The summed E-state index contributed by atoms with van der Waals surface area (Å²) in [5.41, 5.74) is 0.